The molecule has 0 aliphatic rings. The van der Waals surface area contributed by atoms with E-state index in [4.69, 9.17) is 21.8 Å². The van der Waals surface area contributed by atoms with E-state index < -0.39 is 5.62 Å². The van der Waals surface area contributed by atoms with E-state index >= 15 is 0 Å². The fourth-order valence-corrected chi connectivity index (χ4v) is 4.63. The van der Waals surface area contributed by atoms with Crippen LogP contribution < -0.4 is 5.50 Å². The first-order valence-corrected chi connectivity index (χ1v) is 8.13. The normalized spacial score (nSPS) is 15.2. The molecule has 0 saturated heterocycles. The van der Waals surface area contributed by atoms with Crippen LogP contribution in [0.1, 0.15) is 6.92 Å². The molecular weight excluding hydrogens is 221 g/mol. The Hall–Kier alpha value is 0.140. The lowest BCUT2D eigenvalue weighted by Crippen LogP contribution is -1.94. The molecule has 72 valence electrons. The second kappa shape index (κ2) is 5.13. The van der Waals surface area contributed by atoms with Gasteiger partial charge in [0.05, 0.1) is 6.61 Å². The lowest BCUT2D eigenvalue weighted by Gasteiger charge is -2.14. The summed E-state index contributed by atoms with van der Waals surface area (Å²) in [6, 6.07) is 9.85. The van der Waals surface area contributed by atoms with Gasteiger partial charge in [0.1, 0.15) is 0 Å². The van der Waals surface area contributed by atoms with Crippen molar-refractivity contribution in [3.63, 3.8) is 0 Å². The summed E-state index contributed by atoms with van der Waals surface area (Å²) in [6.07, 6.45) is 0. The zero-order valence-electron chi connectivity index (χ0n) is 7.34. The molecule has 5 heteroatoms. The Kier molecular flexibility index (Phi) is 4.42. The number of hydrogen-bond donors (Lipinski definition) is 1. The average Bonchev–Trinajstić information content (AvgIpc) is 2.04. The highest BCUT2D eigenvalue weighted by Gasteiger charge is 2.11. The molecule has 0 aromatic heterocycles. The molecule has 0 aliphatic carbocycles. The molecule has 0 radical (unpaired) electrons. The molecule has 1 aromatic rings. The van der Waals surface area contributed by atoms with Gasteiger partial charge in [0.15, 0.2) is 5.62 Å². The summed E-state index contributed by atoms with van der Waals surface area (Å²) in [5.74, 6) is 0. The molecule has 0 saturated carbocycles. The van der Waals surface area contributed by atoms with Crippen LogP contribution in [0.3, 0.4) is 0 Å². The van der Waals surface area contributed by atoms with Gasteiger partial charge in [0.2, 0.25) is 0 Å². The highest BCUT2D eigenvalue weighted by Crippen LogP contribution is 2.56. The standard InChI is InChI=1S/C8H12NOPS2/c1-2-10-11(9,12)13-8-6-4-3-5-7-8/h3-7H,2H2,1H3,(H2,9,12). The molecule has 2 N–H and O–H groups in total. The minimum atomic E-state index is -2.16. The molecule has 0 spiro atoms. The van der Waals surface area contributed by atoms with Crippen molar-refractivity contribution in [2.24, 2.45) is 5.50 Å². The largest absolute Gasteiger partial charge is 0.331 e. The zero-order chi connectivity index (χ0) is 9.73. The van der Waals surface area contributed by atoms with Gasteiger partial charge in [-0.2, -0.15) is 0 Å². The van der Waals surface area contributed by atoms with Gasteiger partial charge in [-0.3, -0.25) is 5.50 Å². The quantitative estimate of drug-likeness (QED) is 0.811. The van der Waals surface area contributed by atoms with Gasteiger partial charge in [-0.1, -0.05) is 18.2 Å². The molecule has 1 aromatic carbocycles. The number of rotatable bonds is 4. The Labute approximate surface area is 87.7 Å². The maximum Gasteiger partial charge on any atom is 0.187 e. The molecule has 1 unspecified atom stereocenters. The van der Waals surface area contributed by atoms with Crippen molar-refractivity contribution in [3.8, 4) is 0 Å². The van der Waals surface area contributed by atoms with Crippen LogP contribution in [-0.4, -0.2) is 6.61 Å². The van der Waals surface area contributed by atoms with E-state index in [0.29, 0.717) is 6.61 Å². The van der Waals surface area contributed by atoms with Crippen LogP contribution in [0, 0.1) is 0 Å². The number of benzene rings is 1. The van der Waals surface area contributed by atoms with E-state index in [1.807, 2.05) is 37.3 Å². The van der Waals surface area contributed by atoms with Gasteiger partial charge in [0, 0.05) is 4.90 Å². The fraction of sp³-hybridized carbons (Fsp3) is 0.250. The third-order valence-corrected chi connectivity index (χ3v) is 5.34. The van der Waals surface area contributed by atoms with Crippen molar-refractivity contribution in [1.29, 1.82) is 0 Å². The molecular formula is C8H12NOPS2. The summed E-state index contributed by atoms with van der Waals surface area (Å²) in [5, 5.41) is 0. The van der Waals surface area contributed by atoms with Crippen molar-refractivity contribution in [3.05, 3.63) is 30.3 Å². The first-order valence-electron chi connectivity index (χ1n) is 3.92. The summed E-state index contributed by atoms with van der Waals surface area (Å²) >= 11 is 6.61. The van der Waals surface area contributed by atoms with Gasteiger partial charge in [-0.05, 0) is 42.2 Å². The Balaban J connectivity index is 2.64. The van der Waals surface area contributed by atoms with Gasteiger partial charge in [-0.15, -0.1) is 0 Å². The Morgan fingerprint density at radius 2 is 2.08 bits per heavy atom. The van der Waals surface area contributed by atoms with Crippen molar-refractivity contribution < 1.29 is 4.52 Å². The van der Waals surface area contributed by atoms with E-state index in [1.165, 1.54) is 11.4 Å². The second-order valence-electron chi connectivity index (χ2n) is 2.36. The van der Waals surface area contributed by atoms with Crippen LogP contribution in [-0.2, 0) is 16.3 Å². The van der Waals surface area contributed by atoms with E-state index in [0.717, 1.165) is 4.90 Å². The second-order valence-corrected chi connectivity index (χ2v) is 8.85. The molecule has 2 nitrogen and oxygen atoms in total. The topological polar surface area (TPSA) is 35.2 Å². The van der Waals surface area contributed by atoms with Crippen LogP contribution in [0.5, 0.6) is 0 Å². The molecule has 0 amide bonds. The summed E-state index contributed by atoms with van der Waals surface area (Å²) in [5.41, 5.74) is 3.66. The monoisotopic (exact) mass is 233 g/mol. The van der Waals surface area contributed by atoms with E-state index in [2.05, 4.69) is 0 Å². The lowest BCUT2D eigenvalue weighted by atomic mass is 10.4. The summed E-state index contributed by atoms with van der Waals surface area (Å²) < 4.78 is 5.30. The van der Waals surface area contributed by atoms with Crippen LogP contribution in [0.25, 0.3) is 0 Å². The molecule has 13 heavy (non-hydrogen) atoms. The van der Waals surface area contributed by atoms with Crippen molar-refractivity contribution in [2.75, 3.05) is 6.61 Å². The Morgan fingerprint density at radius 3 is 2.62 bits per heavy atom. The first kappa shape index (κ1) is 11.2. The maximum absolute atomic E-state index is 5.83. The fourth-order valence-electron chi connectivity index (χ4n) is 0.835. The first-order chi connectivity index (χ1) is 6.14. The minimum absolute atomic E-state index is 0.577. The van der Waals surface area contributed by atoms with Crippen LogP contribution >= 0.6 is 17.0 Å². The van der Waals surface area contributed by atoms with Crippen LogP contribution in [0.4, 0.5) is 0 Å². The lowest BCUT2D eigenvalue weighted by molar-refractivity contribution is 0.385. The van der Waals surface area contributed by atoms with Crippen molar-refractivity contribution in [2.45, 2.75) is 11.8 Å². The van der Waals surface area contributed by atoms with Crippen molar-refractivity contribution >= 4 is 28.8 Å². The molecule has 1 rings (SSSR count). The zero-order valence-corrected chi connectivity index (χ0v) is 9.87. The number of hydrogen-bond acceptors (Lipinski definition) is 3. The SMILES string of the molecule is CCOP(N)(=S)Sc1ccccc1. The molecule has 0 heterocycles. The van der Waals surface area contributed by atoms with E-state index in [9.17, 15) is 0 Å². The predicted octanol–water partition coefficient (Wildman–Crippen LogP) is 3.00. The van der Waals surface area contributed by atoms with Gasteiger partial charge < -0.3 is 4.52 Å². The summed E-state index contributed by atoms with van der Waals surface area (Å²) in [7, 11) is 0. The maximum atomic E-state index is 5.83. The molecule has 1 atom stereocenters. The number of nitrogens with two attached hydrogens (primary N) is 1. The molecule has 0 aliphatic heterocycles. The molecule has 0 fully saturated rings. The van der Waals surface area contributed by atoms with E-state index in [-0.39, 0.29) is 0 Å². The van der Waals surface area contributed by atoms with Crippen LogP contribution in [0.2, 0.25) is 0 Å². The van der Waals surface area contributed by atoms with Gasteiger partial charge in [-0.25, -0.2) is 0 Å². The van der Waals surface area contributed by atoms with Gasteiger partial charge in [0.25, 0.3) is 0 Å². The van der Waals surface area contributed by atoms with Gasteiger partial charge >= 0.3 is 0 Å². The smallest absolute Gasteiger partial charge is 0.187 e. The predicted molar refractivity (Wildman–Crippen MR) is 62.4 cm³/mol. The third-order valence-electron chi connectivity index (χ3n) is 1.28. The van der Waals surface area contributed by atoms with E-state index in [1.54, 1.807) is 0 Å². The summed E-state index contributed by atoms with van der Waals surface area (Å²) in [4.78, 5) is 1.07. The average molecular weight is 233 g/mol. The van der Waals surface area contributed by atoms with Crippen LogP contribution in [0.15, 0.2) is 35.2 Å². The highest BCUT2D eigenvalue weighted by atomic mass is 32.9. The third kappa shape index (κ3) is 4.25. The minimum Gasteiger partial charge on any atom is -0.331 e. The van der Waals surface area contributed by atoms with Crippen molar-refractivity contribution in [1.82, 2.24) is 0 Å². The Bertz CT molecular complexity index is 304. The highest BCUT2D eigenvalue weighted by molar-refractivity contribution is 8.68. The summed E-state index contributed by atoms with van der Waals surface area (Å²) in [6.45, 7) is 2.48. The Morgan fingerprint density at radius 1 is 1.46 bits per heavy atom. The molecule has 0 bridgehead atoms.